The van der Waals surface area contributed by atoms with Gasteiger partial charge in [-0.1, -0.05) is 19.3 Å². The van der Waals surface area contributed by atoms with Crippen molar-refractivity contribution in [2.24, 2.45) is 0 Å². The summed E-state index contributed by atoms with van der Waals surface area (Å²) in [6, 6.07) is 1.69. The summed E-state index contributed by atoms with van der Waals surface area (Å²) in [6.07, 6.45) is 8.66. The van der Waals surface area contributed by atoms with E-state index in [2.05, 4.69) is 17.3 Å². The van der Waals surface area contributed by atoms with Crippen LogP contribution in [0.25, 0.3) is 0 Å². The van der Waals surface area contributed by atoms with Crippen LogP contribution in [0.5, 0.6) is 0 Å². The van der Waals surface area contributed by atoms with Crippen LogP contribution in [0.15, 0.2) is 0 Å². The fourth-order valence-corrected chi connectivity index (χ4v) is 2.80. The number of hydrogen-bond donors (Lipinski definition) is 1. The molecule has 2 nitrogen and oxygen atoms in total. The van der Waals surface area contributed by atoms with Gasteiger partial charge in [0.25, 0.3) is 0 Å². The van der Waals surface area contributed by atoms with E-state index < -0.39 is 0 Å². The van der Waals surface area contributed by atoms with Crippen LogP contribution in [0.4, 0.5) is 0 Å². The van der Waals surface area contributed by atoms with E-state index in [9.17, 15) is 0 Å². The number of rotatable bonds is 2. The molecule has 0 radical (unpaired) electrons. The minimum atomic E-state index is 0.766. The lowest BCUT2D eigenvalue weighted by Crippen LogP contribution is -2.37. The standard InChI is InChI=1S/C11H22N2/c1-12-10-7-8-13(9-10)11-5-3-2-4-6-11/h10-12H,2-9H2,1H3/t10-/m1/s1. The van der Waals surface area contributed by atoms with Gasteiger partial charge in [-0.25, -0.2) is 0 Å². The predicted molar refractivity (Wildman–Crippen MR) is 55.9 cm³/mol. The lowest BCUT2D eigenvalue weighted by molar-refractivity contribution is 0.188. The van der Waals surface area contributed by atoms with Gasteiger partial charge in [-0.15, -0.1) is 0 Å². The SMILES string of the molecule is CN[C@@H]1CCN(C2CCCCC2)C1. The summed E-state index contributed by atoms with van der Waals surface area (Å²) in [5.74, 6) is 0. The zero-order chi connectivity index (χ0) is 9.10. The summed E-state index contributed by atoms with van der Waals surface area (Å²) < 4.78 is 0. The average molecular weight is 182 g/mol. The normalized spacial score (nSPS) is 32.5. The van der Waals surface area contributed by atoms with E-state index in [4.69, 9.17) is 0 Å². The molecular weight excluding hydrogens is 160 g/mol. The van der Waals surface area contributed by atoms with Crippen LogP contribution < -0.4 is 5.32 Å². The molecule has 0 amide bonds. The third kappa shape index (κ3) is 2.23. The van der Waals surface area contributed by atoms with Gasteiger partial charge in [0.15, 0.2) is 0 Å². The number of likely N-dealkylation sites (tertiary alicyclic amines) is 1. The fraction of sp³-hybridized carbons (Fsp3) is 1.00. The first-order chi connectivity index (χ1) is 6.40. The molecule has 1 N–H and O–H groups in total. The van der Waals surface area contributed by atoms with E-state index in [1.807, 2.05) is 0 Å². The predicted octanol–water partition coefficient (Wildman–Crippen LogP) is 1.61. The fourth-order valence-electron chi connectivity index (χ4n) is 2.80. The van der Waals surface area contributed by atoms with Gasteiger partial charge in [-0.2, -0.15) is 0 Å². The maximum Gasteiger partial charge on any atom is 0.0204 e. The Morgan fingerprint density at radius 1 is 1.08 bits per heavy atom. The summed E-state index contributed by atoms with van der Waals surface area (Å²) in [4.78, 5) is 2.71. The zero-order valence-corrected chi connectivity index (χ0v) is 8.76. The molecule has 0 aromatic carbocycles. The maximum absolute atomic E-state index is 3.39. The van der Waals surface area contributed by atoms with Crippen molar-refractivity contribution in [3.8, 4) is 0 Å². The second kappa shape index (κ2) is 4.43. The minimum absolute atomic E-state index is 0.766. The molecule has 1 heterocycles. The smallest absolute Gasteiger partial charge is 0.0204 e. The molecule has 2 aliphatic rings. The largest absolute Gasteiger partial charge is 0.316 e. The van der Waals surface area contributed by atoms with Crippen LogP contribution >= 0.6 is 0 Å². The van der Waals surface area contributed by atoms with Gasteiger partial charge in [0.1, 0.15) is 0 Å². The van der Waals surface area contributed by atoms with Crippen LogP contribution in [0.3, 0.4) is 0 Å². The molecule has 0 bridgehead atoms. The van der Waals surface area contributed by atoms with E-state index >= 15 is 0 Å². The molecule has 2 rings (SSSR count). The highest BCUT2D eigenvalue weighted by atomic mass is 15.2. The van der Waals surface area contributed by atoms with Crippen molar-refractivity contribution in [3.63, 3.8) is 0 Å². The third-order valence-corrected chi connectivity index (χ3v) is 3.72. The van der Waals surface area contributed by atoms with Crippen molar-refractivity contribution in [3.05, 3.63) is 0 Å². The summed E-state index contributed by atoms with van der Waals surface area (Å²) in [6.45, 7) is 2.62. The van der Waals surface area contributed by atoms with Crippen molar-refractivity contribution in [2.75, 3.05) is 20.1 Å². The molecule has 2 fully saturated rings. The summed E-state index contributed by atoms with van der Waals surface area (Å²) >= 11 is 0. The maximum atomic E-state index is 3.39. The van der Waals surface area contributed by atoms with Gasteiger partial charge in [-0.3, -0.25) is 4.90 Å². The second-order valence-corrected chi connectivity index (χ2v) is 4.56. The molecule has 76 valence electrons. The lowest BCUT2D eigenvalue weighted by Gasteiger charge is -2.30. The lowest BCUT2D eigenvalue weighted by atomic mass is 9.94. The Balaban J connectivity index is 1.80. The Labute approximate surface area is 81.7 Å². The van der Waals surface area contributed by atoms with Crippen molar-refractivity contribution in [1.82, 2.24) is 10.2 Å². The Morgan fingerprint density at radius 3 is 2.46 bits per heavy atom. The Morgan fingerprint density at radius 2 is 1.85 bits per heavy atom. The highest BCUT2D eigenvalue weighted by Crippen LogP contribution is 2.25. The first kappa shape index (κ1) is 9.47. The molecule has 1 saturated heterocycles. The van der Waals surface area contributed by atoms with Crippen molar-refractivity contribution in [2.45, 2.75) is 50.6 Å². The molecule has 0 unspecified atom stereocenters. The van der Waals surface area contributed by atoms with Crippen LogP contribution in [0.1, 0.15) is 38.5 Å². The topological polar surface area (TPSA) is 15.3 Å². The Hall–Kier alpha value is -0.0800. The van der Waals surface area contributed by atoms with E-state index in [0.717, 1.165) is 12.1 Å². The molecule has 1 aliphatic heterocycles. The average Bonchev–Trinajstić information content (AvgIpc) is 2.67. The highest BCUT2D eigenvalue weighted by Gasteiger charge is 2.27. The van der Waals surface area contributed by atoms with Gasteiger partial charge in [0.2, 0.25) is 0 Å². The van der Waals surface area contributed by atoms with Gasteiger partial charge in [-0.05, 0) is 26.3 Å². The molecule has 13 heavy (non-hydrogen) atoms. The van der Waals surface area contributed by atoms with Crippen molar-refractivity contribution in [1.29, 1.82) is 0 Å². The summed E-state index contributed by atoms with van der Waals surface area (Å²) in [7, 11) is 2.09. The van der Waals surface area contributed by atoms with Crippen LogP contribution in [0.2, 0.25) is 0 Å². The molecule has 0 aromatic rings. The molecule has 1 aliphatic carbocycles. The second-order valence-electron chi connectivity index (χ2n) is 4.56. The van der Waals surface area contributed by atoms with Gasteiger partial charge in [0, 0.05) is 25.2 Å². The van der Waals surface area contributed by atoms with Crippen molar-refractivity contribution >= 4 is 0 Å². The number of nitrogens with one attached hydrogen (secondary N) is 1. The molecule has 1 atom stereocenters. The van der Waals surface area contributed by atoms with E-state index in [1.54, 1.807) is 0 Å². The van der Waals surface area contributed by atoms with Crippen molar-refractivity contribution < 1.29 is 0 Å². The monoisotopic (exact) mass is 182 g/mol. The zero-order valence-electron chi connectivity index (χ0n) is 8.76. The summed E-state index contributed by atoms with van der Waals surface area (Å²) in [5, 5.41) is 3.39. The highest BCUT2D eigenvalue weighted by molar-refractivity contribution is 4.85. The van der Waals surface area contributed by atoms with Crippen LogP contribution in [-0.4, -0.2) is 37.1 Å². The van der Waals surface area contributed by atoms with E-state index in [1.165, 1.54) is 51.6 Å². The molecule has 2 heteroatoms. The van der Waals surface area contributed by atoms with Gasteiger partial charge < -0.3 is 5.32 Å². The quantitative estimate of drug-likeness (QED) is 0.698. The molecular formula is C11H22N2. The minimum Gasteiger partial charge on any atom is -0.316 e. The molecule has 0 spiro atoms. The first-order valence-electron chi connectivity index (χ1n) is 5.81. The number of hydrogen-bond acceptors (Lipinski definition) is 2. The molecule has 1 saturated carbocycles. The summed E-state index contributed by atoms with van der Waals surface area (Å²) in [5.41, 5.74) is 0. The van der Waals surface area contributed by atoms with E-state index in [0.29, 0.717) is 0 Å². The number of likely N-dealkylation sites (N-methyl/N-ethyl adjacent to an activating group) is 1. The third-order valence-electron chi connectivity index (χ3n) is 3.72. The Kier molecular flexibility index (Phi) is 3.23. The van der Waals surface area contributed by atoms with E-state index in [-0.39, 0.29) is 0 Å². The van der Waals surface area contributed by atoms with Gasteiger partial charge in [0.05, 0.1) is 0 Å². The van der Waals surface area contributed by atoms with Crippen LogP contribution in [0, 0.1) is 0 Å². The Bertz CT molecular complexity index is 152. The number of nitrogens with zero attached hydrogens (tertiary/aromatic N) is 1. The molecule has 0 aromatic heterocycles. The van der Waals surface area contributed by atoms with Gasteiger partial charge >= 0.3 is 0 Å². The first-order valence-corrected chi connectivity index (χ1v) is 5.81. The van der Waals surface area contributed by atoms with Crippen LogP contribution in [-0.2, 0) is 0 Å².